The van der Waals surface area contributed by atoms with Crippen LogP contribution in [-0.2, 0) is 4.74 Å². The summed E-state index contributed by atoms with van der Waals surface area (Å²) in [5.74, 6) is 0.640. The molecule has 1 aliphatic heterocycles. The molecule has 4 heteroatoms. The van der Waals surface area contributed by atoms with Gasteiger partial charge in [0.1, 0.15) is 6.61 Å². The molecule has 1 heterocycles. The number of rotatable bonds is 1. The van der Waals surface area contributed by atoms with E-state index in [1.165, 1.54) is 0 Å². The van der Waals surface area contributed by atoms with E-state index in [1.54, 1.807) is 12.1 Å². The second-order valence-corrected chi connectivity index (χ2v) is 5.18. The first kappa shape index (κ1) is 11.2. The SMILES string of the molecule is CC1(C)COC(c2ccc(C#N)cc2Br)=N1. The molecule has 0 fully saturated rings. The molecule has 82 valence electrons. The number of halogens is 1. The Balaban J connectivity index is 2.40. The van der Waals surface area contributed by atoms with Gasteiger partial charge in [0.25, 0.3) is 0 Å². The molecule has 2 rings (SSSR count). The van der Waals surface area contributed by atoms with Crippen LogP contribution in [0.25, 0.3) is 0 Å². The van der Waals surface area contributed by atoms with Crippen molar-refractivity contribution in [3.63, 3.8) is 0 Å². The highest BCUT2D eigenvalue weighted by atomic mass is 79.9. The maximum Gasteiger partial charge on any atom is 0.217 e. The molecule has 0 aliphatic carbocycles. The Morgan fingerprint density at radius 3 is 2.75 bits per heavy atom. The van der Waals surface area contributed by atoms with E-state index in [1.807, 2.05) is 19.9 Å². The van der Waals surface area contributed by atoms with Crippen molar-refractivity contribution in [2.45, 2.75) is 19.4 Å². The molecule has 0 saturated carbocycles. The summed E-state index contributed by atoms with van der Waals surface area (Å²) < 4.78 is 6.38. The highest BCUT2D eigenvalue weighted by molar-refractivity contribution is 9.10. The van der Waals surface area contributed by atoms with Gasteiger partial charge in [-0.1, -0.05) is 0 Å². The normalized spacial score (nSPS) is 17.5. The van der Waals surface area contributed by atoms with Gasteiger partial charge in [-0.2, -0.15) is 5.26 Å². The fourth-order valence-corrected chi connectivity index (χ4v) is 2.03. The number of nitrogens with zero attached hydrogens (tertiary/aromatic N) is 2. The maximum atomic E-state index is 8.77. The van der Waals surface area contributed by atoms with E-state index in [4.69, 9.17) is 10.00 Å². The highest BCUT2D eigenvalue weighted by Crippen LogP contribution is 2.25. The molecule has 16 heavy (non-hydrogen) atoms. The Hall–Kier alpha value is -1.34. The van der Waals surface area contributed by atoms with Crippen LogP contribution in [0.1, 0.15) is 25.0 Å². The van der Waals surface area contributed by atoms with E-state index in [-0.39, 0.29) is 5.54 Å². The van der Waals surface area contributed by atoms with Crippen molar-refractivity contribution in [1.82, 2.24) is 0 Å². The molecule has 0 unspecified atom stereocenters. The van der Waals surface area contributed by atoms with Gasteiger partial charge < -0.3 is 4.74 Å². The van der Waals surface area contributed by atoms with Crippen LogP contribution in [0, 0.1) is 11.3 Å². The van der Waals surface area contributed by atoms with E-state index >= 15 is 0 Å². The van der Waals surface area contributed by atoms with Crippen LogP contribution >= 0.6 is 15.9 Å². The first-order valence-corrected chi connectivity index (χ1v) is 5.74. The third-order valence-corrected chi connectivity index (χ3v) is 2.95. The fraction of sp³-hybridized carbons (Fsp3) is 0.333. The zero-order chi connectivity index (χ0) is 11.8. The summed E-state index contributed by atoms with van der Waals surface area (Å²) in [6.45, 7) is 4.64. The van der Waals surface area contributed by atoms with Crippen LogP contribution in [0.4, 0.5) is 0 Å². The van der Waals surface area contributed by atoms with Crippen LogP contribution in [0.3, 0.4) is 0 Å². The van der Waals surface area contributed by atoms with Gasteiger partial charge in [0.2, 0.25) is 5.90 Å². The van der Waals surface area contributed by atoms with E-state index in [2.05, 4.69) is 27.0 Å². The largest absolute Gasteiger partial charge is 0.475 e. The lowest BCUT2D eigenvalue weighted by Gasteiger charge is -2.07. The summed E-state index contributed by atoms with van der Waals surface area (Å²) in [6.07, 6.45) is 0. The second-order valence-electron chi connectivity index (χ2n) is 4.32. The van der Waals surface area contributed by atoms with Gasteiger partial charge in [0.05, 0.1) is 22.7 Å². The zero-order valence-electron chi connectivity index (χ0n) is 9.12. The average molecular weight is 279 g/mol. The van der Waals surface area contributed by atoms with Crippen molar-refractivity contribution in [2.24, 2.45) is 4.99 Å². The average Bonchev–Trinajstić information content (AvgIpc) is 2.58. The molecule has 0 aromatic heterocycles. The molecule has 1 aliphatic rings. The molecule has 0 radical (unpaired) electrons. The summed E-state index contributed by atoms with van der Waals surface area (Å²) in [4.78, 5) is 4.49. The van der Waals surface area contributed by atoms with E-state index < -0.39 is 0 Å². The lowest BCUT2D eigenvalue weighted by molar-refractivity contribution is 0.279. The van der Waals surface area contributed by atoms with Crippen LogP contribution in [0.5, 0.6) is 0 Å². The Morgan fingerprint density at radius 2 is 2.25 bits per heavy atom. The lowest BCUT2D eigenvalue weighted by Crippen LogP contribution is -2.17. The van der Waals surface area contributed by atoms with Gasteiger partial charge in [-0.15, -0.1) is 0 Å². The molecular weight excluding hydrogens is 268 g/mol. The smallest absolute Gasteiger partial charge is 0.217 e. The summed E-state index contributed by atoms with van der Waals surface area (Å²) in [5, 5.41) is 8.77. The molecule has 1 aromatic carbocycles. The monoisotopic (exact) mass is 278 g/mol. The fourth-order valence-electron chi connectivity index (χ4n) is 1.48. The molecular formula is C12H11BrN2O. The minimum absolute atomic E-state index is 0.164. The zero-order valence-corrected chi connectivity index (χ0v) is 10.7. The third-order valence-electron chi connectivity index (χ3n) is 2.29. The topological polar surface area (TPSA) is 45.4 Å². The third kappa shape index (κ3) is 2.10. The van der Waals surface area contributed by atoms with Crippen LogP contribution in [0.2, 0.25) is 0 Å². The standard InChI is InChI=1S/C12H11BrN2O/c1-12(2)7-16-11(15-12)9-4-3-8(6-14)5-10(9)13/h3-5H,7H2,1-2H3. The van der Waals surface area contributed by atoms with Crippen molar-refractivity contribution in [1.29, 1.82) is 5.26 Å². The van der Waals surface area contributed by atoms with Gasteiger partial charge in [-0.05, 0) is 48.0 Å². The minimum Gasteiger partial charge on any atom is -0.475 e. The molecule has 0 amide bonds. The number of benzene rings is 1. The second kappa shape index (κ2) is 3.91. The van der Waals surface area contributed by atoms with Crippen LogP contribution in [-0.4, -0.2) is 18.0 Å². The first-order chi connectivity index (χ1) is 7.52. The lowest BCUT2D eigenvalue weighted by atomic mass is 10.1. The van der Waals surface area contributed by atoms with Gasteiger partial charge in [0, 0.05) is 4.47 Å². The first-order valence-electron chi connectivity index (χ1n) is 4.94. The van der Waals surface area contributed by atoms with Crippen molar-refractivity contribution in [3.8, 4) is 6.07 Å². The predicted molar refractivity (Wildman–Crippen MR) is 65.4 cm³/mol. The molecule has 0 saturated heterocycles. The van der Waals surface area contributed by atoms with Crippen LogP contribution < -0.4 is 0 Å². The van der Waals surface area contributed by atoms with E-state index in [0.29, 0.717) is 18.1 Å². The minimum atomic E-state index is -0.164. The highest BCUT2D eigenvalue weighted by Gasteiger charge is 2.27. The molecule has 0 bridgehead atoms. The molecule has 0 spiro atoms. The van der Waals surface area contributed by atoms with Gasteiger partial charge in [0.15, 0.2) is 0 Å². The van der Waals surface area contributed by atoms with Crippen LogP contribution in [0.15, 0.2) is 27.7 Å². The Morgan fingerprint density at radius 1 is 1.50 bits per heavy atom. The number of nitriles is 1. The quantitative estimate of drug-likeness (QED) is 0.793. The molecule has 0 atom stereocenters. The van der Waals surface area contributed by atoms with Gasteiger partial charge >= 0.3 is 0 Å². The van der Waals surface area contributed by atoms with Crippen molar-refractivity contribution >= 4 is 21.8 Å². The van der Waals surface area contributed by atoms with Crippen molar-refractivity contribution < 1.29 is 4.74 Å². The molecule has 1 aromatic rings. The predicted octanol–water partition coefficient (Wildman–Crippen LogP) is 2.88. The van der Waals surface area contributed by atoms with E-state index in [0.717, 1.165) is 10.0 Å². The number of hydrogen-bond donors (Lipinski definition) is 0. The van der Waals surface area contributed by atoms with E-state index in [9.17, 15) is 0 Å². The Bertz CT molecular complexity index is 500. The molecule has 3 nitrogen and oxygen atoms in total. The number of aliphatic imine (C=N–C) groups is 1. The van der Waals surface area contributed by atoms with Gasteiger partial charge in [-0.25, -0.2) is 4.99 Å². The van der Waals surface area contributed by atoms with Gasteiger partial charge in [-0.3, -0.25) is 0 Å². The summed E-state index contributed by atoms with van der Waals surface area (Å²) in [6, 6.07) is 7.47. The number of hydrogen-bond acceptors (Lipinski definition) is 3. The number of ether oxygens (including phenoxy) is 1. The Labute approximate surface area is 103 Å². The maximum absolute atomic E-state index is 8.77. The summed E-state index contributed by atoms with van der Waals surface area (Å²) >= 11 is 3.42. The summed E-state index contributed by atoms with van der Waals surface area (Å²) in [5.41, 5.74) is 1.35. The summed E-state index contributed by atoms with van der Waals surface area (Å²) in [7, 11) is 0. The van der Waals surface area contributed by atoms with Crippen molar-refractivity contribution in [3.05, 3.63) is 33.8 Å². The van der Waals surface area contributed by atoms with Crippen molar-refractivity contribution in [2.75, 3.05) is 6.61 Å². The Kier molecular flexibility index (Phi) is 2.73. The molecule has 0 N–H and O–H groups in total.